The van der Waals surface area contributed by atoms with Gasteiger partial charge in [-0.3, -0.25) is 15.0 Å². The second kappa shape index (κ2) is 9.64. The normalized spacial score (nSPS) is 18.9. The van der Waals surface area contributed by atoms with Crippen molar-refractivity contribution in [2.45, 2.75) is 30.6 Å². The number of piperidine rings is 1. The fourth-order valence-electron chi connectivity index (χ4n) is 3.64. The van der Waals surface area contributed by atoms with E-state index in [1.165, 1.54) is 12.1 Å². The number of morpholine rings is 1. The fourth-order valence-corrected chi connectivity index (χ4v) is 4.73. The monoisotopic (exact) mass is 412 g/mol. The number of hydrogen-bond donors (Lipinski definition) is 1. The highest BCUT2D eigenvalue weighted by atomic mass is 32.2. The van der Waals surface area contributed by atoms with E-state index in [1.807, 2.05) is 4.90 Å². The van der Waals surface area contributed by atoms with Gasteiger partial charge in [-0.1, -0.05) is 0 Å². The molecule has 0 atom stereocenters. The minimum absolute atomic E-state index is 0.0636. The van der Waals surface area contributed by atoms with E-state index in [2.05, 4.69) is 9.62 Å². The molecule has 2 heterocycles. The molecule has 2 saturated heterocycles. The molecule has 2 aliphatic rings. The first-order chi connectivity index (χ1) is 13.5. The summed E-state index contributed by atoms with van der Waals surface area (Å²) in [5.74, 6) is 0. The van der Waals surface area contributed by atoms with E-state index in [1.54, 1.807) is 6.07 Å². The molecule has 0 amide bonds. The van der Waals surface area contributed by atoms with Crippen LogP contribution in [-0.4, -0.2) is 70.7 Å². The lowest BCUT2D eigenvalue weighted by molar-refractivity contribution is -0.384. The van der Waals surface area contributed by atoms with Gasteiger partial charge in [-0.2, -0.15) is 0 Å². The topological polar surface area (TPSA) is 105 Å². The first-order valence-corrected chi connectivity index (χ1v) is 11.3. The highest BCUT2D eigenvalue weighted by molar-refractivity contribution is 7.89. The maximum Gasteiger partial charge on any atom is 0.293 e. The van der Waals surface area contributed by atoms with Gasteiger partial charge >= 0.3 is 0 Å². The van der Waals surface area contributed by atoms with E-state index in [4.69, 9.17) is 4.74 Å². The van der Waals surface area contributed by atoms with Crippen molar-refractivity contribution >= 4 is 21.4 Å². The molecule has 1 N–H and O–H groups in total. The van der Waals surface area contributed by atoms with Gasteiger partial charge in [0, 0.05) is 38.8 Å². The summed E-state index contributed by atoms with van der Waals surface area (Å²) in [5.41, 5.74) is 0.342. The number of anilines is 1. The van der Waals surface area contributed by atoms with Crippen LogP contribution in [0.25, 0.3) is 0 Å². The number of sulfonamides is 1. The molecule has 0 aromatic heterocycles. The molecule has 28 heavy (non-hydrogen) atoms. The standard InChI is InChI=1S/C18H28N4O5S/c23-22(24)18-15-16(5-6-17(18)21-9-2-1-3-10-21)28(25,26)19-7-4-8-20-11-13-27-14-12-20/h5-6,15,19H,1-4,7-14H2. The lowest BCUT2D eigenvalue weighted by atomic mass is 10.1. The van der Waals surface area contributed by atoms with Gasteiger partial charge in [-0.25, -0.2) is 13.1 Å². The average Bonchev–Trinajstić information content (AvgIpc) is 2.72. The smallest absolute Gasteiger partial charge is 0.293 e. The molecule has 2 fully saturated rings. The Balaban J connectivity index is 1.63. The molecule has 3 rings (SSSR count). The van der Waals surface area contributed by atoms with E-state index < -0.39 is 14.9 Å². The molecule has 9 nitrogen and oxygen atoms in total. The summed E-state index contributed by atoms with van der Waals surface area (Å²) >= 11 is 0. The second-order valence-corrected chi connectivity index (χ2v) is 8.93. The summed E-state index contributed by atoms with van der Waals surface area (Å²) in [6.45, 7) is 5.73. The van der Waals surface area contributed by atoms with Crippen LogP contribution >= 0.6 is 0 Å². The van der Waals surface area contributed by atoms with Gasteiger partial charge in [-0.15, -0.1) is 0 Å². The van der Waals surface area contributed by atoms with E-state index in [0.717, 1.165) is 52.0 Å². The molecule has 10 heteroatoms. The molecule has 0 saturated carbocycles. The van der Waals surface area contributed by atoms with Crippen LogP contribution in [0.3, 0.4) is 0 Å². The summed E-state index contributed by atoms with van der Waals surface area (Å²) in [4.78, 5) is 15.2. The van der Waals surface area contributed by atoms with Crippen molar-refractivity contribution in [2.24, 2.45) is 0 Å². The number of hydrogen-bond acceptors (Lipinski definition) is 7. The highest BCUT2D eigenvalue weighted by Crippen LogP contribution is 2.32. The first kappa shape index (κ1) is 21.0. The Hall–Kier alpha value is -1.75. The summed E-state index contributed by atoms with van der Waals surface area (Å²) in [5, 5.41) is 11.5. The molecule has 2 aliphatic heterocycles. The van der Waals surface area contributed by atoms with Crippen LogP contribution in [0.1, 0.15) is 25.7 Å². The van der Waals surface area contributed by atoms with Gasteiger partial charge in [0.25, 0.3) is 5.69 Å². The van der Waals surface area contributed by atoms with E-state index in [9.17, 15) is 18.5 Å². The van der Waals surface area contributed by atoms with Crippen molar-refractivity contribution < 1.29 is 18.1 Å². The number of ether oxygens (including phenoxy) is 1. The quantitative estimate of drug-likeness (QED) is 0.393. The zero-order chi connectivity index (χ0) is 20.0. The zero-order valence-electron chi connectivity index (χ0n) is 16.0. The Morgan fingerprint density at radius 1 is 1.11 bits per heavy atom. The number of nitrogens with zero attached hydrogens (tertiary/aromatic N) is 3. The van der Waals surface area contributed by atoms with Crippen LogP contribution in [0.4, 0.5) is 11.4 Å². The largest absolute Gasteiger partial charge is 0.379 e. The van der Waals surface area contributed by atoms with Gasteiger partial charge in [0.1, 0.15) is 5.69 Å². The number of nitro benzene ring substituents is 1. The minimum Gasteiger partial charge on any atom is -0.379 e. The lowest BCUT2D eigenvalue weighted by Gasteiger charge is -2.28. The van der Waals surface area contributed by atoms with E-state index in [-0.39, 0.29) is 10.6 Å². The Kier molecular flexibility index (Phi) is 7.22. The van der Waals surface area contributed by atoms with Crippen LogP contribution in [-0.2, 0) is 14.8 Å². The Labute approximate surface area is 165 Å². The SMILES string of the molecule is O=[N+]([O-])c1cc(S(=O)(=O)NCCCN2CCOCC2)ccc1N1CCCCC1. The molecular formula is C18H28N4O5S. The lowest BCUT2D eigenvalue weighted by Crippen LogP contribution is -2.38. The molecule has 1 aromatic rings. The van der Waals surface area contributed by atoms with Gasteiger partial charge in [-0.05, 0) is 44.4 Å². The highest BCUT2D eigenvalue weighted by Gasteiger charge is 2.25. The van der Waals surface area contributed by atoms with Gasteiger partial charge in [0.05, 0.1) is 23.0 Å². The summed E-state index contributed by atoms with van der Waals surface area (Å²) in [6, 6.07) is 4.20. The zero-order valence-corrected chi connectivity index (χ0v) is 16.8. The van der Waals surface area contributed by atoms with Crippen LogP contribution in [0.5, 0.6) is 0 Å². The Morgan fingerprint density at radius 2 is 1.82 bits per heavy atom. The minimum atomic E-state index is -3.78. The van der Waals surface area contributed by atoms with E-state index >= 15 is 0 Å². The fraction of sp³-hybridized carbons (Fsp3) is 0.667. The number of rotatable bonds is 8. The first-order valence-electron chi connectivity index (χ1n) is 9.80. The molecular weight excluding hydrogens is 384 g/mol. The summed E-state index contributed by atoms with van der Waals surface area (Å²) < 4.78 is 33.0. The maximum atomic E-state index is 12.6. The van der Waals surface area contributed by atoms with Crippen molar-refractivity contribution in [1.29, 1.82) is 0 Å². The average molecular weight is 413 g/mol. The molecule has 156 valence electrons. The second-order valence-electron chi connectivity index (χ2n) is 7.16. The maximum absolute atomic E-state index is 12.6. The predicted octanol–water partition coefficient (Wildman–Crippen LogP) is 1.59. The van der Waals surface area contributed by atoms with Crippen molar-refractivity contribution in [2.75, 3.05) is 57.4 Å². The van der Waals surface area contributed by atoms with Crippen molar-refractivity contribution in [3.63, 3.8) is 0 Å². The van der Waals surface area contributed by atoms with Crippen LogP contribution in [0.15, 0.2) is 23.1 Å². The van der Waals surface area contributed by atoms with Crippen LogP contribution < -0.4 is 9.62 Å². The number of nitrogens with one attached hydrogen (secondary N) is 1. The molecule has 0 spiro atoms. The number of benzene rings is 1. The third-order valence-corrected chi connectivity index (χ3v) is 6.66. The van der Waals surface area contributed by atoms with E-state index in [0.29, 0.717) is 31.9 Å². The Morgan fingerprint density at radius 3 is 2.50 bits per heavy atom. The molecule has 0 unspecified atom stereocenters. The van der Waals surface area contributed by atoms with Crippen molar-refractivity contribution in [3.8, 4) is 0 Å². The third kappa shape index (κ3) is 5.40. The predicted molar refractivity (Wildman–Crippen MR) is 106 cm³/mol. The van der Waals surface area contributed by atoms with Gasteiger partial charge in [0.15, 0.2) is 0 Å². The van der Waals surface area contributed by atoms with Gasteiger partial charge in [0.2, 0.25) is 10.0 Å². The summed E-state index contributed by atoms with van der Waals surface area (Å²) in [6.07, 6.45) is 3.77. The molecule has 0 radical (unpaired) electrons. The molecule has 0 aliphatic carbocycles. The summed E-state index contributed by atoms with van der Waals surface area (Å²) in [7, 11) is -3.78. The number of nitro groups is 1. The third-order valence-electron chi connectivity index (χ3n) is 5.20. The van der Waals surface area contributed by atoms with Crippen LogP contribution in [0.2, 0.25) is 0 Å². The molecule has 0 bridgehead atoms. The van der Waals surface area contributed by atoms with Crippen molar-refractivity contribution in [1.82, 2.24) is 9.62 Å². The Bertz CT molecular complexity index is 774. The van der Waals surface area contributed by atoms with Crippen LogP contribution in [0, 0.1) is 10.1 Å². The van der Waals surface area contributed by atoms with Gasteiger partial charge < -0.3 is 9.64 Å². The van der Waals surface area contributed by atoms with Crippen molar-refractivity contribution in [3.05, 3.63) is 28.3 Å². The molecule has 1 aromatic carbocycles.